The summed E-state index contributed by atoms with van der Waals surface area (Å²) in [5.41, 5.74) is 7.07. The lowest BCUT2D eigenvalue weighted by Crippen LogP contribution is -2.63. The lowest BCUT2D eigenvalue weighted by Gasteiger charge is -2.63. The van der Waals surface area contributed by atoms with E-state index >= 15 is 14.4 Å². The van der Waals surface area contributed by atoms with E-state index in [9.17, 15) is 43.2 Å². The molecule has 2 aliphatic heterocycles. The number of aliphatic hydroxyl groups is 1. The number of ether oxygens (including phenoxy) is 2. The van der Waals surface area contributed by atoms with Crippen LogP contribution in [0.1, 0.15) is 149 Å². The zero-order chi connectivity index (χ0) is 75.7. The highest BCUT2D eigenvalue weighted by Gasteiger charge is 2.68. The molecule has 2 aromatic carbocycles. The number of aliphatic hydroxyl groups excluding tert-OH is 1. The number of H-pyrrole nitrogens is 1. The molecule has 4 heterocycles. The third-order valence-corrected chi connectivity index (χ3v) is 24.3. The fourth-order valence-corrected chi connectivity index (χ4v) is 18.4. The van der Waals surface area contributed by atoms with Crippen LogP contribution in [0, 0.1) is 51.8 Å². The molecule has 4 aromatic rings. The highest BCUT2D eigenvalue weighted by atomic mass is 16.6. The summed E-state index contributed by atoms with van der Waals surface area (Å²) in [6.45, 7) is 12.3. The molecule has 27 heteroatoms. The SMILES string of the molecule is CC(C)C[C@H](NC(=O)[C@H](CN)NC(=O)C1CCCN1)C(=O)N1CCCC1C(=O)N[C@@H](Cc1c[nH]c2ccccc12)C(=O)N[C@@H](CCNC(=O)CC[C@@H](C)[C@H]1CCC2C3C(=O)C[C@]4(C)CC(=O)CC[C@]4(C)C3CC(=O)[C@@]21C)C(=O)N[C@@H](Cc1cn(CC(=O)OCCOCCO)c2ccccc12)C(=O)N(C)C. The van der Waals surface area contributed by atoms with E-state index in [1.54, 1.807) is 35.2 Å². The lowest BCUT2D eigenvalue weighted by molar-refractivity contribution is -0.178. The summed E-state index contributed by atoms with van der Waals surface area (Å²) in [4.78, 5) is 177. The minimum Gasteiger partial charge on any atom is -0.462 e. The number of nitrogens with zero attached hydrogens (tertiary/aromatic N) is 3. The highest BCUT2D eigenvalue weighted by Crippen LogP contribution is 2.69. The minimum absolute atomic E-state index is 0.0460. The molecule has 4 saturated carbocycles. The average molecular weight is 1460 g/mol. The van der Waals surface area contributed by atoms with E-state index in [1.165, 1.54) is 23.9 Å². The molecular weight excluding hydrogens is 1340 g/mol. The van der Waals surface area contributed by atoms with Crippen molar-refractivity contribution in [3.63, 3.8) is 0 Å². The summed E-state index contributed by atoms with van der Waals surface area (Å²) < 4.78 is 12.3. The number of nitrogens with one attached hydrogen (secondary N) is 8. The van der Waals surface area contributed by atoms with Gasteiger partial charge in [-0.2, -0.15) is 0 Å². The van der Waals surface area contributed by atoms with Gasteiger partial charge >= 0.3 is 5.97 Å². The molecule has 8 amide bonds. The maximum Gasteiger partial charge on any atom is 0.326 e. The minimum atomic E-state index is -1.47. The number of nitrogens with two attached hydrogens (primary N) is 1. The summed E-state index contributed by atoms with van der Waals surface area (Å²) in [7, 11) is 3.07. The Morgan fingerprint density at radius 3 is 2.16 bits per heavy atom. The summed E-state index contributed by atoms with van der Waals surface area (Å²) in [6, 6.07) is 6.63. The van der Waals surface area contributed by atoms with Gasteiger partial charge in [0.15, 0.2) is 0 Å². The third kappa shape index (κ3) is 17.7. The molecule has 105 heavy (non-hydrogen) atoms. The number of aromatic amines is 1. The number of fused-ring (bicyclic) bond motifs is 7. The predicted octanol–water partition coefficient (Wildman–Crippen LogP) is 3.62. The van der Waals surface area contributed by atoms with E-state index < -0.39 is 94.5 Å². The molecule has 2 saturated heterocycles. The molecule has 2 aromatic heterocycles. The van der Waals surface area contributed by atoms with Gasteiger partial charge < -0.3 is 76.9 Å². The van der Waals surface area contributed by atoms with Crippen molar-refractivity contribution in [2.45, 2.75) is 200 Å². The van der Waals surface area contributed by atoms with Crippen LogP contribution in [0.5, 0.6) is 0 Å². The summed E-state index contributed by atoms with van der Waals surface area (Å²) in [6.07, 6.45) is 9.21. The first-order valence-corrected chi connectivity index (χ1v) is 37.9. The number of carbonyl (C=O) groups excluding carboxylic acids is 12. The van der Waals surface area contributed by atoms with Crippen LogP contribution in [0.3, 0.4) is 0 Å². The molecule has 6 aliphatic rings. The van der Waals surface area contributed by atoms with Crippen LogP contribution in [-0.2, 0) is 86.4 Å². The van der Waals surface area contributed by atoms with Gasteiger partial charge in [-0.15, -0.1) is 0 Å². The number of rotatable bonds is 33. The molecule has 10 rings (SSSR count). The second-order valence-corrected chi connectivity index (χ2v) is 31.7. The number of ketones is 3. The molecule has 11 N–H and O–H groups in total. The summed E-state index contributed by atoms with van der Waals surface area (Å²) >= 11 is 0. The van der Waals surface area contributed by atoms with E-state index in [4.69, 9.17) is 20.3 Å². The maximum absolute atomic E-state index is 15.4. The van der Waals surface area contributed by atoms with Crippen molar-refractivity contribution < 1.29 is 72.1 Å². The Balaban J connectivity index is 0.880. The molecule has 15 atom stereocenters. The van der Waals surface area contributed by atoms with Gasteiger partial charge in [0.25, 0.3) is 0 Å². The number of esters is 1. The number of Topliss-reactive ketones (excluding diaryl/α,β-unsaturated/α-hetero) is 3. The molecule has 5 unspecified atom stereocenters. The quantitative estimate of drug-likeness (QED) is 0.0240. The van der Waals surface area contributed by atoms with Crippen LogP contribution in [0.4, 0.5) is 0 Å². The first-order valence-electron chi connectivity index (χ1n) is 37.9. The fraction of sp³-hybridized carbons (Fsp3) is 0.641. The number of benzene rings is 2. The second kappa shape index (κ2) is 34.4. The van der Waals surface area contributed by atoms with E-state index in [0.717, 1.165) is 23.7 Å². The molecule has 0 spiro atoms. The van der Waals surface area contributed by atoms with Crippen LogP contribution in [0.2, 0.25) is 0 Å². The smallest absolute Gasteiger partial charge is 0.326 e. The van der Waals surface area contributed by atoms with E-state index in [0.29, 0.717) is 79.9 Å². The number of hydrogen-bond acceptors (Lipinski definition) is 17. The molecule has 6 fully saturated rings. The Kier molecular flexibility index (Phi) is 26.0. The Bertz CT molecular complexity index is 3880. The van der Waals surface area contributed by atoms with Gasteiger partial charge in [0.1, 0.15) is 66.8 Å². The standard InChI is InChI=1S/C78H110N12O15/c1-45(2)35-59(85-72(100)61(41-79)87-69(97)56-18-13-28-80-56)75(103)90-30-14-20-63(90)73(101)84-58(36-47-42-82-55-17-11-9-15-50(47)55)71(99)83-57(70(98)86-60(74(102)88(7)8)37-48-43-89(62-19-12-10-16-51(48)62)44-67(96)105-34-33-104-32-31-91)26-29-81-66(95)24-21-46(3)52-22-23-53-68-54(38-65(94)78(52,53)6)77(5)27-25-49(92)39-76(77,4)40-64(68)93/h9-12,15-17,19,42-43,45-46,52-54,56-61,63,68,80,82,91H,13-14,18,20-41,44,79H2,1-8H3,(H,81,95)(H,83,99)(H,84,101)(H,85,100)(H,86,98)(H,87,97)/t46-,52-,53?,54?,56?,57+,58+,59+,60+,61+,63?,68?,76+,77-,78-/m1/s1. The highest BCUT2D eigenvalue weighted by molar-refractivity contribution is 5.99. The van der Waals surface area contributed by atoms with Gasteiger partial charge in [0.05, 0.1) is 25.9 Å². The van der Waals surface area contributed by atoms with Gasteiger partial charge in [-0.3, -0.25) is 57.5 Å². The molecule has 27 nitrogen and oxygen atoms in total. The molecule has 0 bridgehead atoms. The van der Waals surface area contributed by atoms with Crippen molar-refractivity contribution in [3.8, 4) is 0 Å². The number of carbonyl (C=O) groups is 12. The summed E-state index contributed by atoms with van der Waals surface area (Å²) in [5, 5.41) is 30.9. The number of aromatic nitrogens is 2. The zero-order valence-corrected chi connectivity index (χ0v) is 62.2. The number of hydrogen-bond donors (Lipinski definition) is 10. The predicted molar refractivity (Wildman–Crippen MR) is 391 cm³/mol. The van der Waals surface area contributed by atoms with E-state index in [2.05, 4.69) is 63.0 Å². The maximum atomic E-state index is 15.4. The van der Waals surface area contributed by atoms with Crippen molar-refractivity contribution in [3.05, 3.63) is 72.1 Å². The van der Waals surface area contributed by atoms with Gasteiger partial charge in [0, 0.05) is 124 Å². The van der Waals surface area contributed by atoms with Gasteiger partial charge in [0.2, 0.25) is 47.3 Å². The van der Waals surface area contributed by atoms with Crippen LogP contribution < -0.4 is 43.0 Å². The van der Waals surface area contributed by atoms with Gasteiger partial charge in [-0.25, -0.2) is 0 Å². The fourth-order valence-electron chi connectivity index (χ4n) is 18.4. The topological polar surface area (TPSA) is 381 Å². The Hall–Kier alpha value is -8.40. The molecule has 4 aliphatic carbocycles. The molecule has 572 valence electrons. The Morgan fingerprint density at radius 2 is 1.44 bits per heavy atom. The summed E-state index contributed by atoms with van der Waals surface area (Å²) in [5.74, 6) is -5.64. The molecule has 0 radical (unpaired) electrons. The third-order valence-electron chi connectivity index (χ3n) is 24.3. The van der Waals surface area contributed by atoms with Crippen LogP contribution in [0.15, 0.2) is 60.9 Å². The number of likely N-dealkylation sites (tertiary alicyclic amines) is 1. The average Bonchev–Trinajstić information content (AvgIpc) is 1.68. The number of para-hydroxylation sites is 2. The van der Waals surface area contributed by atoms with Gasteiger partial charge in [-0.1, -0.05) is 77.9 Å². The van der Waals surface area contributed by atoms with Gasteiger partial charge in [-0.05, 0) is 134 Å². The monoisotopic (exact) mass is 1450 g/mol. The van der Waals surface area contributed by atoms with Crippen molar-refractivity contribution in [2.24, 2.45) is 57.5 Å². The van der Waals surface area contributed by atoms with Crippen LogP contribution >= 0.6 is 0 Å². The number of amides is 8. The second-order valence-electron chi connectivity index (χ2n) is 31.7. The lowest BCUT2D eigenvalue weighted by atomic mass is 9.40. The van der Waals surface area contributed by atoms with E-state index in [-0.39, 0.29) is 168 Å². The van der Waals surface area contributed by atoms with Crippen molar-refractivity contribution in [1.29, 1.82) is 0 Å². The van der Waals surface area contributed by atoms with Crippen molar-refractivity contribution in [1.82, 2.24) is 56.6 Å². The Labute approximate surface area is 614 Å². The first-order chi connectivity index (χ1) is 50.1. The normalized spacial score (nSPS) is 26.0. The number of likely N-dealkylation sites (N-methyl/N-ethyl adjacent to an activating group) is 1. The largest absolute Gasteiger partial charge is 0.462 e. The van der Waals surface area contributed by atoms with E-state index in [1.807, 2.05) is 51.1 Å². The van der Waals surface area contributed by atoms with Crippen LogP contribution in [0.25, 0.3) is 21.8 Å². The van der Waals surface area contributed by atoms with Crippen molar-refractivity contribution in [2.75, 3.05) is 66.7 Å². The van der Waals surface area contributed by atoms with Crippen molar-refractivity contribution >= 4 is 92.4 Å². The first kappa shape index (κ1) is 79.2. The zero-order valence-electron chi connectivity index (χ0n) is 62.2. The molecular formula is C78H110N12O15. The van der Waals surface area contributed by atoms with Crippen LogP contribution in [-0.4, -0.2) is 204 Å². The Morgan fingerprint density at radius 1 is 0.743 bits per heavy atom.